The molecular weight excluding hydrogens is 368 g/mol. The Morgan fingerprint density at radius 2 is 1.70 bits per heavy atom. The molecule has 0 amide bonds. The predicted molar refractivity (Wildman–Crippen MR) is 125 cm³/mol. The van der Waals surface area contributed by atoms with Crippen LogP contribution in [0.2, 0.25) is 0 Å². The van der Waals surface area contributed by atoms with Gasteiger partial charge in [-0.3, -0.25) is 0 Å². The third-order valence-electron chi connectivity index (χ3n) is 7.01. The highest BCUT2D eigenvalue weighted by atomic mass is 16.5. The van der Waals surface area contributed by atoms with Crippen molar-refractivity contribution in [2.75, 3.05) is 18.1 Å². The lowest BCUT2D eigenvalue weighted by Crippen LogP contribution is -2.20. The van der Waals surface area contributed by atoms with Gasteiger partial charge in [0.1, 0.15) is 5.75 Å². The van der Waals surface area contributed by atoms with Crippen molar-refractivity contribution in [1.82, 2.24) is 0 Å². The highest BCUT2D eigenvalue weighted by Crippen LogP contribution is 2.41. The fourth-order valence-corrected chi connectivity index (χ4v) is 5.23. The summed E-state index contributed by atoms with van der Waals surface area (Å²) < 4.78 is 6.04. The Morgan fingerprint density at radius 3 is 2.57 bits per heavy atom. The molecule has 1 unspecified atom stereocenters. The molecule has 0 aliphatic heterocycles. The van der Waals surface area contributed by atoms with Crippen LogP contribution in [0.5, 0.6) is 5.75 Å². The van der Waals surface area contributed by atoms with Gasteiger partial charge in [0.05, 0.1) is 6.61 Å². The number of rotatable bonds is 4. The minimum Gasteiger partial charge on any atom is -0.494 e. The van der Waals surface area contributed by atoms with Gasteiger partial charge in [-0.25, -0.2) is 0 Å². The van der Waals surface area contributed by atoms with Gasteiger partial charge < -0.3 is 16.2 Å². The minimum atomic E-state index is 0.682. The lowest BCUT2D eigenvalue weighted by Gasteiger charge is -2.31. The monoisotopic (exact) mass is 398 g/mol. The molecule has 30 heavy (non-hydrogen) atoms. The molecule has 0 fully saturated rings. The second kappa shape index (κ2) is 7.71. The van der Waals surface area contributed by atoms with Crippen LogP contribution in [0.4, 0.5) is 11.4 Å². The van der Waals surface area contributed by atoms with Crippen LogP contribution in [-0.2, 0) is 25.7 Å². The normalized spacial score (nSPS) is 17.0. The number of nitrogens with two attached hydrogens (primary N) is 2. The van der Waals surface area contributed by atoms with E-state index in [1.807, 2.05) is 31.2 Å². The van der Waals surface area contributed by atoms with Crippen molar-refractivity contribution in [1.29, 1.82) is 0 Å². The number of hydrogen-bond acceptors (Lipinski definition) is 3. The fraction of sp³-hybridized carbons (Fsp3) is 0.333. The van der Waals surface area contributed by atoms with Gasteiger partial charge in [-0.1, -0.05) is 24.3 Å². The second-order valence-corrected chi connectivity index (χ2v) is 8.87. The summed E-state index contributed by atoms with van der Waals surface area (Å²) in [6, 6.07) is 17.0. The summed E-state index contributed by atoms with van der Waals surface area (Å²) >= 11 is 0. The molecule has 1 atom stereocenters. The molecule has 0 spiro atoms. The molecule has 154 valence electrons. The number of ether oxygens (including phenoxy) is 1. The Balaban J connectivity index is 1.32. The number of benzene rings is 3. The first-order chi connectivity index (χ1) is 14.6. The van der Waals surface area contributed by atoms with Crippen LogP contribution in [-0.4, -0.2) is 6.61 Å². The van der Waals surface area contributed by atoms with E-state index in [0.29, 0.717) is 5.92 Å². The Morgan fingerprint density at radius 1 is 0.867 bits per heavy atom. The van der Waals surface area contributed by atoms with Crippen molar-refractivity contribution in [2.45, 2.75) is 45.4 Å². The van der Waals surface area contributed by atoms with E-state index in [1.54, 1.807) is 16.7 Å². The van der Waals surface area contributed by atoms with Crippen LogP contribution in [0.25, 0.3) is 11.1 Å². The van der Waals surface area contributed by atoms with Gasteiger partial charge >= 0.3 is 0 Å². The molecule has 3 aromatic rings. The van der Waals surface area contributed by atoms with Crippen molar-refractivity contribution >= 4 is 11.4 Å². The predicted octanol–water partition coefficient (Wildman–Crippen LogP) is 5.50. The molecular formula is C27H30N2O. The second-order valence-electron chi connectivity index (χ2n) is 8.87. The Labute approximate surface area is 179 Å². The maximum Gasteiger partial charge on any atom is 0.119 e. The Kier molecular flexibility index (Phi) is 4.90. The summed E-state index contributed by atoms with van der Waals surface area (Å²) in [5.41, 5.74) is 23.8. The van der Waals surface area contributed by atoms with E-state index in [9.17, 15) is 0 Å². The molecule has 3 heteroatoms. The molecule has 3 nitrogen and oxygen atoms in total. The first-order valence-electron chi connectivity index (χ1n) is 11.1. The standard InChI is InChI=1S/C27H30N2O/c1-17-15-20(8-12-26(17)28)30-14-13-18-5-6-19-7-9-22-21-3-2-4-27(29)24(21)11-10-23(22)25(19)16-18/h2-4,7-9,12,15,18H,5-6,10-11,13-14,16,28-29H2,1H3. The molecule has 0 bridgehead atoms. The van der Waals surface area contributed by atoms with Crippen molar-refractivity contribution in [2.24, 2.45) is 5.92 Å². The van der Waals surface area contributed by atoms with E-state index in [2.05, 4.69) is 24.3 Å². The van der Waals surface area contributed by atoms with Gasteiger partial charge in [0.25, 0.3) is 0 Å². The van der Waals surface area contributed by atoms with E-state index < -0.39 is 0 Å². The highest BCUT2D eigenvalue weighted by Gasteiger charge is 2.26. The summed E-state index contributed by atoms with van der Waals surface area (Å²) in [5, 5.41) is 0. The molecule has 5 rings (SSSR count). The molecule has 2 aliphatic rings. The average Bonchev–Trinajstić information content (AvgIpc) is 2.76. The van der Waals surface area contributed by atoms with Crippen molar-refractivity contribution < 1.29 is 4.74 Å². The maximum absolute atomic E-state index is 6.26. The molecule has 0 saturated heterocycles. The molecule has 0 heterocycles. The zero-order chi connectivity index (χ0) is 20.7. The van der Waals surface area contributed by atoms with Gasteiger partial charge in [0.2, 0.25) is 0 Å². The van der Waals surface area contributed by atoms with Crippen LogP contribution < -0.4 is 16.2 Å². The number of nitrogen functional groups attached to an aromatic ring is 2. The molecule has 0 saturated carbocycles. The van der Waals surface area contributed by atoms with Crippen LogP contribution >= 0.6 is 0 Å². The van der Waals surface area contributed by atoms with E-state index in [4.69, 9.17) is 16.2 Å². The van der Waals surface area contributed by atoms with Gasteiger partial charge in [0.15, 0.2) is 0 Å². The Bertz CT molecular complexity index is 1100. The van der Waals surface area contributed by atoms with Gasteiger partial charge in [-0.05, 0) is 115 Å². The molecule has 4 N–H and O–H groups in total. The van der Waals surface area contributed by atoms with E-state index in [1.165, 1.54) is 36.0 Å². The molecule has 2 aliphatic carbocycles. The molecule has 0 aromatic heterocycles. The van der Waals surface area contributed by atoms with Crippen molar-refractivity contribution in [3.05, 3.63) is 76.3 Å². The lowest BCUT2D eigenvalue weighted by atomic mass is 9.74. The summed E-state index contributed by atoms with van der Waals surface area (Å²) in [4.78, 5) is 0. The summed E-state index contributed by atoms with van der Waals surface area (Å²) in [6.45, 7) is 2.78. The van der Waals surface area contributed by atoms with Gasteiger partial charge in [-0.2, -0.15) is 0 Å². The topological polar surface area (TPSA) is 61.3 Å². The lowest BCUT2D eigenvalue weighted by molar-refractivity contribution is 0.267. The largest absolute Gasteiger partial charge is 0.494 e. The number of fused-ring (bicyclic) bond motifs is 5. The Hall–Kier alpha value is -2.94. The number of aryl methyl sites for hydroxylation is 2. The summed E-state index contributed by atoms with van der Waals surface area (Å²) in [7, 11) is 0. The average molecular weight is 399 g/mol. The quantitative estimate of drug-likeness (QED) is 0.571. The first-order valence-corrected chi connectivity index (χ1v) is 11.1. The van der Waals surface area contributed by atoms with Crippen molar-refractivity contribution in [3.63, 3.8) is 0 Å². The SMILES string of the molecule is Cc1cc(OCCC2CCc3ccc4c(c3C2)CCc2c(N)cccc2-4)ccc1N. The van der Waals surface area contributed by atoms with Crippen molar-refractivity contribution in [3.8, 4) is 16.9 Å². The number of anilines is 2. The van der Waals surface area contributed by atoms with Crippen LogP contribution in [0, 0.1) is 12.8 Å². The molecule has 3 aromatic carbocycles. The maximum atomic E-state index is 6.26. The summed E-state index contributed by atoms with van der Waals surface area (Å²) in [5.74, 6) is 1.60. The smallest absolute Gasteiger partial charge is 0.119 e. The van der Waals surface area contributed by atoms with Crippen LogP contribution in [0.1, 0.15) is 40.7 Å². The van der Waals surface area contributed by atoms with E-state index in [0.717, 1.165) is 48.6 Å². The first kappa shape index (κ1) is 19.0. The van der Waals surface area contributed by atoms with E-state index in [-0.39, 0.29) is 0 Å². The van der Waals surface area contributed by atoms with Gasteiger partial charge in [-0.15, -0.1) is 0 Å². The van der Waals surface area contributed by atoms with Crippen LogP contribution in [0.15, 0.2) is 48.5 Å². The zero-order valence-corrected chi connectivity index (χ0v) is 17.7. The van der Waals surface area contributed by atoms with Crippen LogP contribution in [0.3, 0.4) is 0 Å². The summed E-state index contributed by atoms with van der Waals surface area (Å²) in [6.07, 6.45) is 6.84. The minimum absolute atomic E-state index is 0.682. The zero-order valence-electron chi connectivity index (χ0n) is 17.7. The third-order valence-corrected chi connectivity index (χ3v) is 7.01. The third kappa shape index (κ3) is 3.43. The molecule has 0 radical (unpaired) electrons. The highest BCUT2D eigenvalue weighted by molar-refractivity contribution is 5.79. The fourth-order valence-electron chi connectivity index (χ4n) is 5.23. The van der Waals surface area contributed by atoms with Gasteiger partial charge in [0, 0.05) is 11.4 Å². The van der Waals surface area contributed by atoms with E-state index >= 15 is 0 Å². The number of hydrogen-bond donors (Lipinski definition) is 2.